The third kappa shape index (κ3) is 1.97. The van der Waals surface area contributed by atoms with E-state index >= 15 is 0 Å². The van der Waals surface area contributed by atoms with E-state index in [1.807, 2.05) is 6.07 Å². The molecule has 2 rings (SSSR count). The van der Waals surface area contributed by atoms with Crippen molar-refractivity contribution in [1.82, 2.24) is 4.57 Å². The van der Waals surface area contributed by atoms with E-state index < -0.39 is 0 Å². The predicted octanol–water partition coefficient (Wildman–Crippen LogP) is 1.56. The number of nitrogens with zero attached hydrogens (tertiary/aromatic N) is 1. The fraction of sp³-hybridized carbons (Fsp3) is 0.583. The molecule has 2 atom stereocenters. The molecule has 1 heterocycles. The van der Waals surface area contributed by atoms with E-state index in [0.717, 1.165) is 19.3 Å². The maximum Gasteiger partial charge on any atom is 0.274 e. The third-order valence-electron chi connectivity index (χ3n) is 3.33. The van der Waals surface area contributed by atoms with Crippen molar-refractivity contribution >= 4 is 5.69 Å². The monoisotopic (exact) mass is 222 g/mol. The molecule has 0 radical (unpaired) electrons. The van der Waals surface area contributed by atoms with Gasteiger partial charge in [0.1, 0.15) is 0 Å². The van der Waals surface area contributed by atoms with Crippen LogP contribution in [0.25, 0.3) is 0 Å². The quantitative estimate of drug-likeness (QED) is 0.826. The van der Waals surface area contributed by atoms with Gasteiger partial charge in [-0.2, -0.15) is 0 Å². The van der Waals surface area contributed by atoms with Crippen LogP contribution in [0.2, 0.25) is 0 Å². The maximum atomic E-state index is 11.9. The summed E-state index contributed by atoms with van der Waals surface area (Å²) in [6.07, 6.45) is 6.26. The standard InChI is InChI=1S/C12H18N2O2/c1-16-11-7-3-2-6-10(11)14-8-4-5-9(13)12(14)15/h4-5,8,10-11H,2-3,6-7,13H2,1H3/t10-,11+/m1/s1. The van der Waals surface area contributed by atoms with E-state index in [4.69, 9.17) is 10.5 Å². The number of ether oxygens (including phenoxy) is 1. The zero-order valence-electron chi connectivity index (χ0n) is 9.56. The second-order valence-electron chi connectivity index (χ2n) is 4.30. The van der Waals surface area contributed by atoms with Gasteiger partial charge in [0.05, 0.1) is 17.8 Å². The van der Waals surface area contributed by atoms with Crippen LogP contribution in [0.5, 0.6) is 0 Å². The second-order valence-corrected chi connectivity index (χ2v) is 4.30. The number of aromatic nitrogens is 1. The Morgan fingerprint density at radius 1 is 1.44 bits per heavy atom. The normalized spacial score (nSPS) is 25.6. The van der Waals surface area contributed by atoms with Crippen LogP contribution in [0.4, 0.5) is 5.69 Å². The molecule has 0 spiro atoms. The van der Waals surface area contributed by atoms with Gasteiger partial charge in [0.2, 0.25) is 0 Å². The van der Waals surface area contributed by atoms with Crippen molar-refractivity contribution in [1.29, 1.82) is 0 Å². The first-order valence-corrected chi connectivity index (χ1v) is 5.73. The van der Waals surface area contributed by atoms with Gasteiger partial charge in [-0.3, -0.25) is 4.79 Å². The highest BCUT2D eigenvalue weighted by Crippen LogP contribution is 2.29. The van der Waals surface area contributed by atoms with Gasteiger partial charge >= 0.3 is 0 Å². The number of nitrogens with two attached hydrogens (primary N) is 1. The second kappa shape index (κ2) is 4.70. The average molecular weight is 222 g/mol. The first kappa shape index (κ1) is 11.2. The maximum absolute atomic E-state index is 11.9. The molecule has 1 saturated carbocycles. The lowest BCUT2D eigenvalue weighted by Gasteiger charge is -2.31. The molecule has 88 valence electrons. The summed E-state index contributed by atoms with van der Waals surface area (Å²) < 4.78 is 7.18. The van der Waals surface area contributed by atoms with Gasteiger partial charge in [-0.25, -0.2) is 0 Å². The number of nitrogen functional groups attached to an aromatic ring is 1. The molecule has 0 bridgehead atoms. The molecule has 0 saturated heterocycles. The zero-order valence-corrected chi connectivity index (χ0v) is 9.56. The summed E-state index contributed by atoms with van der Waals surface area (Å²) in [6.45, 7) is 0. The average Bonchev–Trinajstić information content (AvgIpc) is 2.33. The van der Waals surface area contributed by atoms with Crippen LogP contribution < -0.4 is 11.3 Å². The smallest absolute Gasteiger partial charge is 0.274 e. The van der Waals surface area contributed by atoms with Crippen LogP contribution in [0, 0.1) is 0 Å². The molecular formula is C12H18N2O2. The highest BCUT2D eigenvalue weighted by atomic mass is 16.5. The van der Waals surface area contributed by atoms with Crippen molar-refractivity contribution in [3.63, 3.8) is 0 Å². The number of hydrogen-bond donors (Lipinski definition) is 1. The van der Waals surface area contributed by atoms with E-state index in [1.165, 1.54) is 6.42 Å². The number of pyridine rings is 1. The summed E-state index contributed by atoms with van der Waals surface area (Å²) in [5.74, 6) is 0. The van der Waals surface area contributed by atoms with Gasteiger partial charge in [-0.1, -0.05) is 12.8 Å². The molecule has 1 aliphatic rings. The van der Waals surface area contributed by atoms with Crippen molar-refractivity contribution in [2.45, 2.75) is 37.8 Å². The van der Waals surface area contributed by atoms with Crippen molar-refractivity contribution in [3.8, 4) is 0 Å². The number of rotatable bonds is 2. The Morgan fingerprint density at radius 2 is 2.19 bits per heavy atom. The molecular weight excluding hydrogens is 204 g/mol. The lowest BCUT2D eigenvalue weighted by Crippen LogP contribution is -2.36. The van der Waals surface area contributed by atoms with E-state index in [9.17, 15) is 4.79 Å². The zero-order chi connectivity index (χ0) is 11.5. The van der Waals surface area contributed by atoms with Gasteiger partial charge in [-0.05, 0) is 25.0 Å². The summed E-state index contributed by atoms with van der Waals surface area (Å²) in [6, 6.07) is 3.59. The molecule has 1 aliphatic carbocycles. The first-order valence-electron chi connectivity index (χ1n) is 5.73. The minimum atomic E-state index is -0.101. The van der Waals surface area contributed by atoms with Crippen LogP contribution >= 0.6 is 0 Å². The van der Waals surface area contributed by atoms with E-state index in [-0.39, 0.29) is 17.7 Å². The summed E-state index contributed by atoms with van der Waals surface area (Å²) in [7, 11) is 1.71. The lowest BCUT2D eigenvalue weighted by molar-refractivity contribution is 0.0278. The van der Waals surface area contributed by atoms with Crippen molar-refractivity contribution in [2.75, 3.05) is 12.8 Å². The summed E-state index contributed by atoms with van der Waals surface area (Å²) in [5, 5.41) is 0. The Balaban J connectivity index is 2.34. The largest absolute Gasteiger partial charge is 0.394 e. The minimum Gasteiger partial charge on any atom is -0.394 e. The third-order valence-corrected chi connectivity index (χ3v) is 3.33. The van der Waals surface area contributed by atoms with Gasteiger partial charge in [0.15, 0.2) is 0 Å². The molecule has 4 heteroatoms. The van der Waals surface area contributed by atoms with E-state index in [2.05, 4.69) is 0 Å². The fourth-order valence-corrected chi connectivity index (χ4v) is 2.46. The molecule has 4 nitrogen and oxygen atoms in total. The van der Waals surface area contributed by atoms with Gasteiger partial charge in [0, 0.05) is 13.3 Å². The van der Waals surface area contributed by atoms with E-state index in [0.29, 0.717) is 5.69 Å². The molecule has 1 aromatic rings. The van der Waals surface area contributed by atoms with Crippen molar-refractivity contribution in [3.05, 3.63) is 28.7 Å². The first-order chi connectivity index (χ1) is 7.74. The Hall–Kier alpha value is -1.29. The van der Waals surface area contributed by atoms with Crippen LogP contribution in [0.1, 0.15) is 31.7 Å². The van der Waals surface area contributed by atoms with Gasteiger partial charge in [0.25, 0.3) is 5.56 Å². The number of hydrogen-bond acceptors (Lipinski definition) is 3. The van der Waals surface area contributed by atoms with Crippen LogP contribution in [0.15, 0.2) is 23.1 Å². The van der Waals surface area contributed by atoms with Crippen molar-refractivity contribution in [2.24, 2.45) is 0 Å². The number of methoxy groups -OCH3 is 1. The fourth-order valence-electron chi connectivity index (χ4n) is 2.46. The summed E-state index contributed by atoms with van der Waals surface area (Å²) >= 11 is 0. The van der Waals surface area contributed by atoms with Gasteiger partial charge < -0.3 is 15.0 Å². The Kier molecular flexibility index (Phi) is 3.29. The minimum absolute atomic E-state index is 0.101. The SMILES string of the molecule is CO[C@H]1CCCC[C@H]1n1cccc(N)c1=O. The molecule has 0 amide bonds. The molecule has 16 heavy (non-hydrogen) atoms. The molecule has 1 fully saturated rings. The van der Waals surface area contributed by atoms with Crippen LogP contribution in [-0.2, 0) is 4.74 Å². The van der Waals surface area contributed by atoms with Crippen molar-refractivity contribution < 1.29 is 4.74 Å². The topological polar surface area (TPSA) is 57.2 Å². The summed E-state index contributed by atoms with van der Waals surface area (Å²) in [5.41, 5.74) is 5.85. The van der Waals surface area contributed by atoms with E-state index in [1.54, 1.807) is 23.9 Å². The Labute approximate surface area is 95.0 Å². The van der Waals surface area contributed by atoms with Crippen LogP contribution in [-0.4, -0.2) is 17.8 Å². The highest BCUT2D eigenvalue weighted by Gasteiger charge is 2.27. The predicted molar refractivity (Wildman–Crippen MR) is 63.4 cm³/mol. The number of anilines is 1. The highest BCUT2D eigenvalue weighted by molar-refractivity contribution is 5.33. The molecule has 0 aliphatic heterocycles. The Morgan fingerprint density at radius 3 is 2.94 bits per heavy atom. The summed E-state index contributed by atoms with van der Waals surface area (Å²) in [4.78, 5) is 11.9. The molecule has 2 N–H and O–H groups in total. The molecule has 0 unspecified atom stereocenters. The lowest BCUT2D eigenvalue weighted by atomic mass is 9.92. The molecule has 0 aromatic carbocycles. The Bertz CT molecular complexity index is 414. The van der Waals surface area contributed by atoms with Gasteiger partial charge in [-0.15, -0.1) is 0 Å². The van der Waals surface area contributed by atoms with Crippen LogP contribution in [0.3, 0.4) is 0 Å². The molecule has 1 aromatic heterocycles.